The van der Waals surface area contributed by atoms with E-state index in [9.17, 15) is 22.0 Å². The predicted molar refractivity (Wildman–Crippen MR) is 114 cm³/mol. The molecule has 0 atom stereocenters. The van der Waals surface area contributed by atoms with E-state index in [-0.39, 0.29) is 22.1 Å². The average molecular weight is 491 g/mol. The highest BCUT2D eigenvalue weighted by Crippen LogP contribution is 2.28. The Morgan fingerprint density at radius 3 is 2.29 bits per heavy atom. The molecule has 0 bridgehead atoms. The monoisotopic (exact) mass is 490 g/mol. The van der Waals surface area contributed by atoms with Crippen LogP contribution in [0.5, 0.6) is 0 Å². The number of rotatable bonds is 8. The molecule has 0 heterocycles. The molecule has 0 fully saturated rings. The van der Waals surface area contributed by atoms with Gasteiger partial charge >= 0.3 is 22.2 Å². The molecular weight excluding hydrogens is 473 g/mol. The van der Waals surface area contributed by atoms with Crippen molar-refractivity contribution in [2.75, 3.05) is 6.61 Å². The fourth-order valence-corrected chi connectivity index (χ4v) is 3.81. The lowest BCUT2D eigenvalue weighted by atomic mass is 10.1. The van der Waals surface area contributed by atoms with E-state index in [0.717, 1.165) is 5.56 Å². The third-order valence-electron chi connectivity index (χ3n) is 3.91. The van der Waals surface area contributed by atoms with Crippen molar-refractivity contribution in [2.45, 2.75) is 25.2 Å². The standard InChI is InChI=1S/C21H18Cl2F2O5S/c1-3-29-21(26)15(10-14-6-7-16(22)12-18(14)23)11-19(20(24)25)30-31(27,28)17-8-4-13(2)5-9-17/h4-10,12H,3,11H2,1-2H3/b15-10-. The summed E-state index contributed by atoms with van der Waals surface area (Å²) < 4.78 is 61.5. The van der Waals surface area contributed by atoms with Crippen LogP contribution < -0.4 is 0 Å². The van der Waals surface area contributed by atoms with E-state index in [1.165, 1.54) is 55.5 Å². The van der Waals surface area contributed by atoms with Crippen LogP contribution in [0.25, 0.3) is 6.08 Å². The molecule has 0 saturated carbocycles. The maximum Gasteiger partial charge on any atom is 0.339 e. The number of benzene rings is 2. The van der Waals surface area contributed by atoms with Gasteiger partial charge in [0, 0.05) is 22.0 Å². The highest BCUT2D eigenvalue weighted by atomic mass is 35.5. The topological polar surface area (TPSA) is 69.7 Å². The van der Waals surface area contributed by atoms with E-state index in [1.54, 1.807) is 6.92 Å². The number of allylic oxidation sites excluding steroid dienone is 1. The Morgan fingerprint density at radius 1 is 1.10 bits per heavy atom. The van der Waals surface area contributed by atoms with Gasteiger partial charge in [-0.1, -0.05) is 47.0 Å². The number of hydrogen-bond donors (Lipinski definition) is 0. The highest BCUT2D eigenvalue weighted by molar-refractivity contribution is 7.86. The molecule has 0 aromatic heterocycles. The quantitative estimate of drug-likeness (QED) is 0.192. The van der Waals surface area contributed by atoms with Crippen molar-refractivity contribution in [2.24, 2.45) is 0 Å². The maximum atomic E-state index is 13.6. The molecule has 2 aromatic carbocycles. The zero-order chi connectivity index (χ0) is 23.2. The van der Waals surface area contributed by atoms with Gasteiger partial charge in [0.2, 0.25) is 0 Å². The highest BCUT2D eigenvalue weighted by Gasteiger charge is 2.25. The van der Waals surface area contributed by atoms with Crippen LogP contribution in [0.2, 0.25) is 10.0 Å². The Bertz CT molecular complexity index is 1120. The third-order valence-corrected chi connectivity index (χ3v) is 5.74. The molecule has 5 nitrogen and oxygen atoms in total. The molecule has 166 valence electrons. The van der Waals surface area contributed by atoms with E-state index in [2.05, 4.69) is 4.18 Å². The SMILES string of the molecule is CCOC(=O)/C(=C\c1ccc(Cl)cc1Cl)CC(OS(=O)(=O)c1ccc(C)cc1)=C(F)F. The van der Waals surface area contributed by atoms with Crippen LogP contribution >= 0.6 is 23.2 Å². The molecule has 2 aromatic rings. The van der Waals surface area contributed by atoms with Gasteiger partial charge in [0.05, 0.1) is 6.61 Å². The molecular formula is C21H18Cl2F2O5S. The molecule has 0 amide bonds. The first-order chi connectivity index (χ1) is 14.5. The van der Waals surface area contributed by atoms with Crippen molar-refractivity contribution in [3.63, 3.8) is 0 Å². The number of aryl methyl sites for hydroxylation is 1. The van der Waals surface area contributed by atoms with Crippen molar-refractivity contribution >= 4 is 45.4 Å². The Morgan fingerprint density at radius 2 is 1.74 bits per heavy atom. The number of carbonyl (C=O) groups excluding carboxylic acids is 1. The molecule has 0 N–H and O–H groups in total. The van der Waals surface area contributed by atoms with Gasteiger partial charge in [-0.25, -0.2) is 4.79 Å². The predicted octanol–water partition coefficient (Wildman–Crippen LogP) is 6.15. The molecule has 0 aliphatic heterocycles. The largest absolute Gasteiger partial charge is 0.463 e. The van der Waals surface area contributed by atoms with Gasteiger partial charge in [0.25, 0.3) is 0 Å². The van der Waals surface area contributed by atoms with E-state index >= 15 is 0 Å². The summed E-state index contributed by atoms with van der Waals surface area (Å²) in [6.07, 6.45) is -2.03. The second-order valence-corrected chi connectivity index (χ2v) is 8.66. The summed E-state index contributed by atoms with van der Waals surface area (Å²) in [5, 5.41) is 0.497. The zero-order valence-electron chi connectivity index (χ0n) is 16.5. The summed E-state index contributed by atoms with van der Waals surface area (Å²) in [6.45, 7) is 3.25. The molecule has 0 aliphatic rings. The second-order valence-electron chi connectivity index (χ2n) is 6.27. The van der Waals surface area contributed by atoms with E-state index in [1.807, 2.05) is 0 Å². The minimum atomic E-state index is -4.55. The molecule has 0 unspecified atom stereocenters. The Labute approximate surface area is 189 Å². The summed E-state index contributed by atoms with van der Waals surface area (Å²) in [7, 11) is -4.55. The van der Waals surface area contributed by atoms with Crippen LogP contribution in [0.15, 0.2) is 64.8 Å². The molecule has 0 spiro atoms. The number of esters is 1. The fourth-order valence-electron chi connectivity index (χ4n) is 2.40. The lowest BCUT2D eigenvalue weighted by molar-refractivity contribution is -0.138. The van der Waals surface area contributed by atoms with Gasteiger partial charge in [0.1, 0.15) is 4.90 Å². The summed E-state index contributed by atoms with van der Waals surface area (Å²) in [5.74, 6) is -2.13. The number of ether oxygens (including phenoxy) is 1. The van der Waals surface area contributed by atoms with Crippen molar-refractivity contribution in [1.29, 1.82) is 0 Å². The number of halogens is 4. The Hall–Kier alpha value is -2.42. The molecule has 2 rings (SSSR count). The van der Waals surface area contributed by atoms with Gasteiger partial charge in [0.15, 0.2) is 5.76 Å². The van der Waals surface area contributed by atoms with E-state index in [4.69, 9.17) is 27.9 Å². The van der Waals surface area contributed by atoms with Gasteiger partial charge < -0.3 is 8.92 Å². The van der Waals surface area contributed by atoms with Crippen LogP contribution in [0.3, 0.4) is 0 Å². The number of hydrogen-bond acceptors (Lipinski definition) is 5. The average Bonchev–Trinajstić information content (AvgIpc) is 2.68. The maximum absolute atomic E-state index is 13.6. The number of carbonyl (C=O) groups is 1. The fraction of sp³-hybridized carbons (Fsp3) is 0.190. The lowest BCUT2D eigenvalue weighted by Gasteiger charge is -2.12. The van der Waals surface area contributed by atoms with Crippen molar-refractivity contribution in [3.05, 3.63) is 81.0 Å². The lowest BCUT2D eigenvalue weighted by Crippen LogP contribution is -2.12. The van der Waals surface area contributed by atoms with Crippen molar-refractivity contribution in [3.8, 4) is 0 Å². The van der Waals surface area contributed by atoms with Gasteiger partial charge in [-0.3, -0.25) is 0 Å². The minimum Gasteiger partial charge on any atom is -0.463 e. The minimum absolute atomic E-state index is 0.0236. The van der Waals surface area contributed by atoms with Crippen LogP contribution in [-0.4, -0.2) is 21.0 Å². The Kier molecular flexibility index (Phi) is 8.61. The van der Waals surface area contributed by atoms with Crippen LogP contribution in [0.1, 0.15) is 24.5 Å². The van der Waals surface area contributed by atoms with Gasteiger partial charge in [-0.05, 0) is 49.8 Å². The van der Waals surface area contributed by atoms with Gasteiger partial charge in [-0.15, -0.1) is 0 Å². The van der Waals surface area contributed by atoms with Crippen LogP contribution in [0.4, 0.5) is 8.78 Å². The first-order valence-corrected chi connectivity index (χ1v) is 11.1. The zero-order valence-corrected chi connectivity index (χ0v) is 18.8. The molecule has 0 aliphatic carbocycles. The van der Waals surface area contributed by atoms with Gasteiger partial charge in [-0.2, -0.15) is 17.2 Å². The summed E-state index contributed by atoms with van der Waals surface area (Å²) in [6, 6.07) is 9.83. The van der Waals surface area contributed by atoms with E-state index < -0.39 is 34.3 Å². The van der Waals surface area contributed by atoms with Crippen molar-refractivity contribution < 1.29 is 30.9 Å². The van der Waals surface area contributed by atoms with Crippen LogP contribution in [-0.2, 0) is 23.8 Å². The second kappa shape index (κ2) is 10.7. The molecule has 10 heteroatoms. The molecule has 31 heavy (non-hydrogen) atoms. The molecule has 0 radical (unpaired) electrons. The first-order valence-electron chi connectivity index (χ1n) is 8.91. The third kappa shape index (κ3) is 7.05. The molecule has 0 saturated heterocycles. The summed E-state index contributed by atoms with van der Waals surface area (Å²) >= 11 is 11.9. The Balaban J connectivity index is 2.42. The normalized spacial score (nSPS) is 11.7. The summed E-state index contributed by atoms with van der Waals surface area (Å²) in [5.41, 5.74) is 0.792. The van der Waals surface area contributed by atoms with Crippen LogP contribution in [0, 0.1) is 6.92 Å². The smallest absolute Gasteiger partial charge is 0.339 e. The summed E-state index contributed by atoms with van der Waals surface area (Å²) in [4.78, 5) is 12.0. The first kappa shape index (κ1) is 24.8. The van der Waals surface area contributed by atoms with Crippen molar-refractivity contribution in [1.82, 2.24) is 0 Å². The van der Waals surface area contributed by atoms with E-state index in [0.29, 0.717) is 10.6 Å².